The van der Waals surface area contributed by atoms with Gasteiger partial charge >= 0.3 is 0 Å². The molecule has 1 saturated heterocycles. The van der Waals surface area contributed by atoms with Crippen LogP contribution in [0.15, 0.2) is 30.6 Å². The molecular formula is C21H29N3O3. The molecule has 1 unspecified atom stereocenters. The molecule has 0 N–H and O–H groups in total. The van der Waals surface area contributed by atoms with Crippen LogP contribution in [-0.4, -0.2) is 48.3 Å². The first-order valence-corrected chi connectivity index (χ1v) is 9.56. The monoisotopic (exact) mass is 371 g/mol. The van der Waals surface area contributed by atoms with Gasteiger partial charge < -0.3 is 14.2 Å². The molecule has 0 bridgehead atoms. The molecule has 146 valence electrons. The van der Waals surface area contributed by atoms with Crippen molar-refractivity contribution in [1.29, 1.82) is 0 Å². The molecule has 2 aromatic rings. The summed E-state index contributed by atoms with van der Waals surface area (Å²) < 4.78 is 16.8. The Morgan fingerprint density at radius 1 is 1.15 bits per heavy atom. The highest BCUT2D eigenvalue weighted by Gasteiger charge is 2.21. The Morgan fingerprint density at radius 2 is 1.96 bits per heavy atom. The highest BCUT2D eigenvalue weighted by atomic mass is 16.5. The van der Waals surface area contributed by atoms with E-state index in [9.17, 15) is 0 Å². The SMILES string of the molecule is CCc1ncc(CN(Cc2cc(OC)ccc2OC)CC2CCCO2)cn1. The maximum Gasteiger partial charge on any atom is 0.127 e. The van der Waals surface area contributed by atoms with Crippen LogP contribution in [0.5, 0.6) is 11.5 Å². The Kier molecular flexibility index (Phi) is 7.01. The number of rotatable bonds is 9. The third-order valence-corrected chi connectivity index (χ3v) is 4.85. The number of aromatic nitrogens is 2. The van der Waals surface area contributed by atoms with Gasteiger partial charge in [0, 0.05) is 56.2 Å². The molecule has 2 heterocycles. The Labute approximate surface area is 161 Å². The van der Waals surface area contributed by atoms with E-state index >= 15 is 0 Å². The fourth-order valence-corrected chi connectivity index (χ4v) is 3.41. The van der Waals surface area contributed by atoms with Crippen LogP contribution in [0.1, 0.15) is 36.7 Å². The van der Waals surface area contributed by atoms with Gasteiger partial charge in [-0.1, -0.05) is 6.92 Å². The highest BCUT2D eigenvalue weighted by molar-refractivity contribution is 5.40. The van der Waals surface area contributed by atoms with Gasteiger partial charge in [-0.25, -0.2) is 9.97 Å². The molecule has 0 aliphatic carbocycles. The van der Waals surface area contributed by atoms with Gasteiger partial charge in [0.1, 0.15) is 17.3 Å². The van der Waals surface area contributed by atoms with Gasteiger partial charge in [0.15, 0.2) is 0 Å². The van der Waals surface area contributed by atoms with E-state index in [1.54, 1.807) is 14.2 Å². The van der Waals surface area contributed by atoms with E-state index in [1.807, 2.05) is 30.6 Å². The van der Waals surface area contributed by atoms with E-state index < -0.39 is 0 Å². The molecule has 27 heavy (non-hydrogen) atoms. The van der Waals surface area contributed by atoms with Crippen LogP contribution in [0.2, 0.25) is 0 Å². The number of hydrogen-bond donors (Lipinski definition) is 0. The Balaban J connectivity index is 1.78. The fraction of sp³-hybridized carbons (Fsp3) is 0.524. The molecule has 1 aromatic heterocycles. The number of aryl methyl sites for hydroxylation is 1. The number of ether oxygens (including phenoxy) is 3. The maximum absolute atomic E-state index is 5.87. The largest absolute Gasteiger partial charge is 0.497 e. The van der Waals surface area contributed by atoms with Crippen LogP contribution in [0.4, 0.5) is 0 Å². The van der Waals surface area contributed by atoms with Gasteiger partial charge in [-0.15, -0.1) is 0 Å². The summed E-state index contributed by atoms with van der Waals surface area (Å²) in [5.74, 6) is 2.57. The van der Waals surface area contributed by atoms with E-state index in [-0.39, 0.29) is 6.10 Å². The Bertz CT molecular complexity index is 715. The van der Waals surface area contributed by atoms with Crippen molar-refractivity contribution in [3.05, 3.63) is 47.5 Å². The van der Waals surface area contributed by atoms with E-state index in [0.29, 0.717) is 0 Å². The Morgan fingerprint density at radius 3 is 2.59 bits per heavy atom. The van der Waals surface area contributed by atoms with E-state index in [4.69, 9.17) is 14.2 Å². The zero-order valence-corrected chi connectivity index (χ0v) is 16.5. The molecule has 0 radical (unpaired) electrons. The zero-order valence-electron chi connectivity index (χ0n) is 16.5. The maximum atomic E-state index is 5.87. The average molecular weight is 371 g/mol. The van der Waals surface area contributed by atoms with Crippen LogP contribution < -0.4 is 9.47 Å². The third-order valence-electron chi connectivity index (χ3n) is 4.85. The van der Waals surface area contributed by atoms with Gasteiger partial charge in [0.05, 0.1) is 20.3 Å². The van der Waals surface area contributed by atoms with Gasteiger partial charge in [-0.2, -0.15) is 0 Å². The summed E-state index contributed by atoms with van der Waals surface area (Å²) in [4.78, 5) is 11.2. The first kappa shape index (κ1) is 19.6. The lowest BCUT2D eigenvalue weighted by molar-refractivity contribution is 0.0675. The molecule has 6 nitrogen and oxygen atoms in total. The molecule has 0 amide bonds. The summed E-state index contributed by atoms with van der Waals surface area (Å²) in [5, 5.41) is 0. The molecule has 1 aliphatic heterocycles. The second kappa shape index (κ2) is 9.67. The quantitative estimate of drug-likeness (QED) is 0.674. The molecule has 1 aliphatic rings. The predicted molar refractivity (Wildman–Crippen MR) is 104 cm³/mol. The van der Waals surface area contributed by atoms with Crippen molar-refractivity contribution < 1.29 is 14.2 Å². The fourth-order valence-electron chi connectivity index (χ4n) is 3.41. The Hall–Kier alpha value is -2.18. The van der Waals surface area contributed by atoms with Gasteiger partial charge in [0.25, 0.3) is 0 Å². The van der Waals surface area contributed by atoms with Crippen molar-refractivity contribution in [3.8, 4) is 11.5 Å². The summed E-state index contributed by atoms with van der Waals surface area (Å²) in [6.45, 7) is 5.30. The number of benzene rings is 1. The summed E-state index contributed by atoms with van der Waals surface area (Å²) in [6.07, 6.45) is 7.22. The third kappa shape index (κ3) is 5.40. The average Bonchev–Trinajstić information content (AvgIpc) is 3.21. The predicted octanol–water partition coefficient (Wildman–Crippen LogP) is 3.24. The minimum absolute atomic E-state index is 0.275. The van der Waals surface area contributed by atoms with E-state index in [2.05, 4.69) is 21.8 Å². The van der Waals surface area contributed by atoms with Gasteiger partial charge in [-0.3, -0.25) is 4.90 Å². The van der Waals surface area contributed by atoms with Crippen LogP contribution in [0, 0.1) is 0 Å². The zero-order chi connectivity index (χ0) is 19.1. The van der Waals surface area contributed by atoms with Crippen molar-refractivity contribution >= 4 is 0 Å². The first-order valence-electron chi connectivity index (χ1n) is 9.56. The lowest BCUT2D eigenvalue weighted by Crippen LogP contribution is -2.31. The molecule has 6 heteroatoms. The molecular weight excluding hydrogens is 342 g/mol. The van der Waals surface area contributed by atoms with Gasteiger partial charge in [0.2, 0.25) is 0 Å². The standard InChI is InChI=1S/C21H29N3O3/c1-4-21-22-11-16(12-23-21)13-24(15-19-6-5-9-27-19)14-17-10-18(25-2)7-8-20(17)26-3/h7-8,10-12,19H,4-6,9,13-15H2,1-3H3. The highest BCUT2D eigenvalue weighted by Crippen LogP contribution is 2.26. The van der Waals surface area contributed by atoms with Crippen molar-refractivity contribution in [1.82, 2.24) is 14.9 Å². The van der Waals surface area contributed by atoms with Crippen molar-refractivity contribution in [2.75, 3.05) is 27.4 Å². The lowest BCUT2D eigenvalue weighted by Gasteiger charge is -2.26. The molecule has 1 atom stereocenters. The topological polar surface area (TPSA) is 56.7 Å². The van der Waals surface area contributed by atoms with Crippen LogP contribution >= 0.6 is 0 Å². The molecule has 1 fully saturated rings. The van der Waals surface area contributed by atoms with Crippen LogP contribution in [-0.2, 0) is 24.2 Å². The number of nitrogens with zero attached hydrogens (tertiary/aromatic N) is 3. The normalized spacial score (nSPS) is 16.7. The second-order valence-electron chi connectivity index (χ2n) is 6.84. The second-order valence-corrected chi connectivity index (χ2v) is 6.84. The van der Waals surface area contributed by atoms with Crippen molar-refractivity contribution in [2.45, 2.75) is 45.4 Å². The summed E-state index contributed by atoms with van der Waals surface area (Å²) in [5.41, 5.74) is 2.20. The minimum Gasteiger partial charge on any atom is -0.497 e. The molecule has 0 saturated carbocycles. The van der Waals surface area contributed by atoms with E-state index in [0.717, 1.165) is 74.0 Å². The van der Waals surface area contributed by atoms with E-state index in [1.165, 1.54) is 0 Å². The summed E-state index contributed by atoms with van der Waals surface area (Å²) in [6, 6.07) is 5.92. The number of methoxy groups -OCH3 is 2. The van der Waals surface area contributed by atoms with Crippen LogP contribution in [0.3, 0.4) is 0 Å². The van der Waals surface area contributed by atoms with Crippen molar-refractivity contribution in [3.63, 3.8) is 0 Å². The van der Waals surface area contributed by atoms with Crippen molar-refractivity contribution in [2.24, 2.45) is 0 Å². The summed E-state index contributed by atoms with van der Waals surface area (Å²) in [7, 11) is 3.38. The molecule has 1 aromatic carbocycles. The smallest absolute Gasteiger partial charge is 0.127 e. The molecule has 0 spiro atoms. The van der Waals surface area contributed by atoms with Gasteiger partial charge in [-0.05, 0) is 31.0 Å². The minimum atomic E-state index is 0.275. The van der Waals surface area contributed by atoms with Crippen LogP contribution in [0.25, 0.3) is 0 Å². The lowest BCUT2D eigenvalue weighted by atomic mass is 10.1. The molecule has 3 rings (SSSR count). The first-order chi connectivity index (χ1) is 13.2. The summed E-state index contributed by atoms with van der Waals surface area (Å²) >= 11 is 0. The number of hydrogen-bond acceptors (Lipinski definition) is 6.